The second kappa shape index (κ2) is 7.77. The molecular weight excluding hydrogens is 370 g/mol. The third kappa shape index (κ3) is 3.56. The standard InChI is InChI=1S/C23H35NO5/c1-22-7-5-14(24-9-10-29-13-21(27)28)11-18(22)19(25)12-15-16-3-4-20(26)23(16,2)8-6-17(15)22/h15-19,25H,3-13H2,1-2H3,(H,27,28)/b24-14+/t15?,16?,17?,18?,19-,22-,23+/m1/s1. The van der Waals surface area contributed by atoms with E-state index in [0.717, 1.165) is 57.1 Å². The Morgan fingerprint density at radius 1 is 1.17 bits per heavy atom. The van der Waals surface area contributed by atoms with E-state index < -0.39 is 5.97 Å². The number of carbonyl (C=O) groups excluding carboxylic acids is 1. The Morgan fingerprint density at radius 3 is 2.72 bits per heavy atom. The van der Waals surface area contributed by atoms with Crippen LogP contribution in [0.1, 0.15) is 65.2 Å². The summed E-state index contributed by atoms with van der Waals surface area (Å²) in [6.45, 7) is 5.08. The Hall–Kier alpha value is -1.27. The van der Waals surface area contributed by atoms with Crippen molar-refractivity contribution in [3.8, 4) is 0 Å². The first kappa shape index (κ1) is 21.0. The van der Waals surface area contributed by atoms with E-state index >= 15 is 0 Å². The zero-order valence-electron chi connectivity index (χ0n) is 17.7. The molecule has 6 nitrogen and oxygen atoms in total. The number of Topliss-reactive ketones (excluding diaryl/α,β-unsaturated/α-hetero) is 1. The average molecular weight is 406 g/mol. The van der Waals surface area contributed by atoms with Crippen molar-refractivity contribution in [2.75, 3.05) is 19.8 Å². The van der Waals surface area contributed by atoms with Crippen molar-refractivity contribution >= 4 is 17.5 Å². The number of hydrogen-bond donors (Lipinski definition) is 2. The van der Waals surface area contributed by atoms with Crippen LogP contribution < -0.4 is 0 Å². The molecule has 4 rings (SSSR count). The van der Waals surface area contributed by atoms with Gasteiger partial charge in [0.2, 0.25) is 0 Å². The van der Waals surface area contributed by atoms with E-state index in [1.807, 2.05) is 0 Å². The molecule has 0 heterocycles. The van der Waals surface area contributed by atoms with Gasteiger partial charge in [-0.25, -0.2) is 4.79 Å². The lowest BCUT2D eigenvalue weighted by Crippen LogP contribution is -2.57. The van der Waals surface area contributed by atoms with Crippen molar-refractivity contribution in [1.29, 1.82) is 0 Å². The normalized spacial score (nSPS) is 45.6. The van der Waals surface area contributed by atoms with E-state index in [2.05, 4.69) is 18.8 Å². The SMILES string of the molecule is C[C@]12CC/C(=N\CCOCC(=O)O)CC1[C@H](O)CC1C2CC[C@]2(C)C(=O)CCC12. The van der Waals surface area contributed by atoms with Crippen LogP contribution in [0.2, 0.25) is 0 Å². The highest BCUT2D eigenvalue weighted by Crippen LogP contribution is 2.65. The van der Waals surface area contributed by atoms with Crippen LogP contribution in [0.5, 0.6) is 0 Å². The average Bonchev–Trinajstić information content (AvgIpc) is 2.97. The third-order valence-corrected chi connectivity index (χ3v) is 9.02. The molecule has 4 aliphatic carbocycles. The van der Waals surface area contributed by atoms with E-state index in [1.165, 1.54) is 0 Å². The summed E-state index contributed by atoms with van der Waals surface area (Å²) in [7, 11) is 0. The van der Waals surface area contributed by atoms with E-state index in [4.69, 9.17) is 9.84 Å². The Bertz CT molecular complexity index is 705. The summed E-state index contributed by atoms with van der Waals surface area (Å²) >= 11 is 0. The van der Waals surface area contributed by atoms with Crippen molar-refractivity contribution in [3.05, 3.63) is 0 Å². The van der Waals surface area contributed by atoms with E-state index in [-0.39, 0.29) is 29.5 Å². The van der Waals surface area contributed by atoms with E-state index in [9.17, 15) is 14.7 Å². The lowest BCUT2D eigenvalue weighted by atomic mass is 9.44. The predicted octanol–water partition coefficient (Wildman–Crippen LogP) is 3.11. The molecular formula is C23H35NO5. The molecule has 0 bridgehead atoms. The second-order valence-corrected chi connectivity index (χ2v) is 10.3. The van der Waals surface area contributed by atoms with Crippen LogP contribution in [0, 0.1) is 34.5 Å². The van der Waals surface area contributed by atoms with Gasteiger partial charge in [0.05, 0.1) is 19.3 Å². The molecule has 0 spiro atoms. The number of aliphatic carboxylic acids is 1. The van der Waals surface area contributed by atoms with Gasteiger partial charge in [0.15, 0.2) is 0 Å². The van der Waals surface area contributed by atoms with Gasteiger partial charge in [0.1, 0.15) is 12.4 Å². The van der Waals surface area contributed by atoms with Crippen LogP contribution in [0.15, 0.2) is 4.99 Å². The maximum Gasteiger partial charge on any atom is 0.329 e. The van der Waals surface area contributed by atoms with Gasteiger partial charge < -0.3 is 14.9 Å². The van der Waals surface area contributed by atoms with Crippen LogP contribution in [-0.4, -0.2) is 53.5 Å². The fraction of sp³-hybridized carbons (Fsp3) is 0.870. The van der Waals surface area contributed by atoms with Crippen molar-refractivity contribution < 1.29 is 24.5 Å². The number of rotatable bonds is 5. The molecule has 4 fully saturated rings. The van der Waals surface area contributed by atoms with Gasteiger partial charge in [-0.3, -0.25) is 9.79 Å². The predicted molar refractivity (Wildman–Crippen MR) is 109 cm³/mol. The number of nitrogens with zero attached hydrogens (tertiary/aromatic N) is 1. The maximum absolute atomic E-state index is 12.6. The Balaban J connectivity index is 1.44. The monoisotopic (exact) mass is 405 g/mol. The summed E-state index contributed by atoms with van der Waals surface area (Å²) in [6.07, 6.45) is 7.18. The van der Waals surface area contributed by atoms with Gasteiger partial charge in [-0.2, -0.15) is 0 Å². The summed E-state index contributed by atoms with van der Waals surface area (Å²) in [6, 6.07) is 0. The highest BCUT2D eigenvalue weighted by atomic mass is 16.5. The summed E-state index contributed by atoms with van der Waals surface area (Å²) in [5.41, 5.74) is 1.11. The second-order valence-electron chi connectivity index (χ2n) is 10.3. The molecule has 2 N–H and O–H groups in total. The minimum atomic E-state index is -0.960. The number of carboxylic acid groups (broad SMARTS) is 1. The van der Waals surface area contributed by atoms with Crippen LogP contribution in [0.3, 0.4) is 0 Å². The maximum atomic E-state index is 12.6. The first-order valence-electron chi connectivity index (χ1n) is 11.3. The number of hydrogen-bond acceptors (Lipinski definition) is 5. The number of carbonyl (C=O) groups is 2. The van der Waals surface area contributed by atoms with Crippen LogP contribution in [-0.2, 0) is 14.3 Å². The smallest absolute Gasteiger partial charge is 0.329 e. The molecule has 4 unspecified atom stereocenters. The molecule has 0 aromatic heterocycles. The fourth-order valence-electron chi connectivity index (χ4n) is 7.44. The van der Waals surface area contributed by atoms with E-state index in [1.54, 1.807) is 0 Å². The Kier molecular flexibility index (Phi) is 5.62. The van der Waals surface area contributed by atoms with Crippen molar-refractivity contribution in [1.82, 2.24) is 0 Å². The molecule has 162 valence electrons. The number of aliphatic imine (C=N–C) groups is 1. The van der Waals surface area contributed by atoms with Gasteiger partial charge in [-0.05, 0) is 74.0 Å². The lowest BCUT2D eigenvalue weighted by Gasteiger charge is -2.60. The summed E-state index contributed by atoms with van der Waals surface area (Å²) < 4.78 is 5.08. The molecule has 4 saturated carbocycles. The summed E-state index contributed by atoms with van der Waals surface area (Å²) in [5, 5.41) is 19.8. The van der Waals surface area contributed by atoms with Crippen molar-refractivity contribution in [3.63, 3.8) is 0 Å². The number of carboxylic acids is 1. The fourth-order valence-corrected chi connectivity index (χ4v) is 7.44. The van der Waals surface area contributed by atoms with Gasteiger partial charge in [0.25, 0.3) is 0 Å². The number of ketones is 1. The van der Waals surface area contributed by atoms with Gasteiger partial charge in [-0.1, -0.05) is 13.8 Å². The zero-order valence-corrected chi connectivity index (χ0v) is 17.7. The topological polar surface area (TPSA) is 96.2 Å². The largest absolute Gasteiger partial charge is 0.480 e. The van der Waals surface area contributed by atoms with Crippen molar-refractivity contribution in [2.24, 2.45) is 39.5 Å². The minimum absolute atomic E-state index is 0.119. The Morgan fingerprint density at radius 2 is 1.97 bits per heavy atom. The molecule has 0 aromatic rings. The van der Waals surface area contributed by atoms with Crippen molar-refractivity contribution in [2.45, 2.75) is 71.3 Å². The van der Waals surface area contributed by atoms with Gasteiger partial charge >= 0.3 is 5.97 Å². The van der Waals surface area contributed by atoms with Gasteiger partial charge in [-0.15, -0.1) is 0 Å². The molecule has 6 heteroatoms. The number of aliphatic hydroxyl groups excluding tert-OH is 1. The molecule has 0 aliphatic heterocycles. The van der Waals surface area contributed by atoms with E-state index in [0.29, 0.717) is 36.7 Å². The molecule has 0 saturated heterocycles. The molecule has 0 aromatic carbocycles. The lowest BCUT2D eigenvalue weighted by molar-refractivity contribution is -0.152. The van der Waals surface area contributed by atoms with Crippen LogP contribution in [0.25, 0.3) is 0 Å². The molecule has 0 amide bonds. The van der Waals surface area contributed by atoms with Crippen LogP contribution >= 0.6 is 0 Å². The molecule has 7 atom stereocenters. The van der Waals surface area contributed by atoms with Crippen LogP contribution in [0.4, 0.5) is 0 Å². The highest BCUT2D eigenvalue weighted by Gasteiger charge is 2.61. The number of ether oxygens (including phenoxy) is 1. The zero-order chi connectivity index (χ0) is 20.8. The molecule has 4 aliphatic rings. The first-order chi connectivity index (χ1) is 13.8. The Labute approximate surface area is 173 Å². The summed E-state index contributed by atoms with van der Waals surface area (Å²) in [4.78, 5) is 27.7. The quantitative estimate of drug-likeness (QED) is 0.685. The molecule has 29 heavy (non-hydrogen) atoms. The summed E-state index contributed by atoms with van der Waals surface area (Å²) in [5.74, 6) is 1.24. The number of fused-ring (bicyclic) bond motifs is 5. The molecule has 0 radical (unpaired) electrons. The first-order valence-corrected chi connectivity index (χ1v) is 11.3. The highest BCUT2D eigenvalue weighted by molar-refractivity contribution is 5.87. The number of aliphatic hydroxyl groups is 1. The van der Waals surface area contributed by atoms with Gasteiger partial charge in [0, 0.05) is 17.5 Å². The third-order valence-electron chi connectivity index (χ3n) is 9.02. The minimum Gasteiger partial charge on any atom is -0.480 e.